The molecule has 0 radical (unpaired) electrons. The van der Waals surface area contributed by atoms with E-state index in [-0.39, 0.29) is 11.8 Å². The molecule has 0 saturated heterocycles. The molecule has 0 heterocycles. The van der Waals surface area contributed by atoms with E-state index in [2.05, 4.69) is 18.7 Å². The molecule has 2 aliphatic carbocycles. The number of rotatable bonds is 7. The second-order valence-electron chi connectivity index (χ2n) is 7.61. The highest BCUT2D eigenvalue weighted by Crippen LogP contribution is 2.36. The van der Waals surface area contributed by atoms with Crippen LogP contribution in [0.25, 0.3) is 0 Å². The first kappa shape index (κ1) is 16.8. The highest BCUT2D eigenvalue weighted by atomic mass is 16.1. The SMILES string of the molecule is CC(C)CN(CCC1CCCC1(N)C(N)=O)C1CCCC1. The van der Waals surface area contributed by atoms with Gasteiger partial charge in [-0.1, -0.05) is 33.1 Å². The minimum Gasteiger partial charge on any atom is -0.368 e. The maximum atomic E-state index is 11.7. The van der Waals surface area contributed by atoms with Crippen LogP contribution in [-0.2, 0) is 4.79 Å². The van der Waals surface area contributed by atoms with E-state index in [1.54, 1.807) is 0 Å². The van der Waals surface area contributed by atoms with Gasteiger partial charge in [-0.3, -0.25) is 4.79 Å². The molecule has 2 saturated carbocycles. The molecule has 122 valence electrons. The molecule has 0 aromatic carbocycles. The van der Waals surface area contributed by atoms with Crippen molar-refractivity contribution in [2.75, 3.05) is 13.1 Å². The summed E-state index contributed by atoms with van der Waals surface area (Å²) in [5.41, 5.74) is 11.1. The number of carbonyl (C=O) groups excluding carboxylic acids is 1. The van der Waals surface area contributed by atoms with Gasteiger partial charge in [0.2, 0.25) is 5.91 Å². The molecule has 2 aliphatic rings. The molecule has 4 nitrogen and oxygen atoms in total. The molecule has 2 rings (SSSR count). The van der Waals surface area contributed by atoms with Crippen LogP contribution in [0.1, 0.15) is 65.2 Å². The summed E-state index contributed by atoms with van der Waals surface area (Å²) in [6.45, 7) is 6.80. The molecule has 0 spiro atoms. The van der Waals surface area contributed by atoms with Crippen LogP contribution in [0, 0.1) is 11.8 Å². The summed E-state index contributed by atoms with van der Waals surface area (Å²) in [6.07, 6.45) is 9.28. The third-order valence-electron chi connectivity index (χ3n) is 5.54. The van der Waals surface area contributed by atoms with Crippen LogP contribution in [-0.4, -0.2) is 35.5 Å². The Morgan fingerprint density at radius 1 is 1.24 bits per heavy atom. The first-order valence-electron chi connectivity index (χ1n) is 8.76. The highest BCUT2D eigenvalue weighted by molar-refractivity contribution is 5.85. The van der Waals surface area contributed by atoms with Crippen molar-refractivity contribution in [3.8, 4) is 0 Å². The van der Waals surface area contributed by atoms with Crippen molar-refractivity contribution in [1.82, 2.24) is 4.90 Å². The lowest BCUT2D eigenvalue weighted by atomic mass is 9.84. The van der Waals surface area contributed by atoms with Gasteiger partial charge in [0.1, 0.15) is 0 Å². The molecule has 1 amide bonds. The van der Waals surface area contributed by atoms with Crippen molar-refractivity contribution in [3.05, 3.63) is 0 Å². The van der Waals surface area contributed by atoms with E-state index in [1.807, 2.05) is 0 Å². The molecule has 2 atom stereocenters. The van der Waals surface area contributed by atoms with E-state index in [1.165, 1.54) is 25.7 Å². The molecule has 2 fully saturated rings. The number of nitrogens with zero attached hydrogens (tertiary/aromatic N) is 1. The summed E-state index contributed by atoms with van der Waals surface area (Å²) in [5.74, 6) is 0.653. The Bertz CT molecular complexity index is 352. The fourth-order valence-electron chi connectivity index (χ4n) is 4.31. The number of hydrogen-bond acceptors (Lipinski definition) is 3. The number of nitrogens with two attached hydrogens (primary N) is 2. The quantitative estimate of drug-likeness (QED) is 0.756. The first-order chi connectivity index (χ1) is 9.93. The Morgan fingerprint density at radius 3 is 2.48 bits per heavy atom. The van der Waals surface area contributed by atoms with Crippen LogP contribution in [0.5, 0.6) is 0 Å². The Balaban J connectivity index is 1.92. The van der Waals surface area contributed by atoms with Gasteiger partial charge >= 0.3 is 0 Å². The fraction of sp³-hybridized carbons (Fsp3) is 0.941. The number of amides is 1. The van der Waals surface area contributed by atoms with Gasteiger partial charge in [-0.05, 0) is 50.5 Å². The smallest absolute Gasteiger partial charge is 0.237 e. The first-order valence-corrected chi connectivity index (χ1v) is 8.76. The molecule has 0 aliphatic heterocycles. The van der Waals surface area contributed by atoms with Gasteiger partial charge in [-0.25, -0.2) is 0 Å². The normalized spacial score (nSPS) is 30.6. The fourth-order valence-corrected chi connectivity index (χ4v) is 4.31. The van der Waals surface area contributed by atoms with E-state index in [4.69, 9.17) is 11.5 Å². The Morgan fingerprint density at radius 2 is 1.90 bits per heavy atom. The van der Waals surface area contributed by atoms with E-state index >= 15 is 0 Å². The average Bonchev–Trinajstić information content (AvgIpc) is 3.04. The molecule has 2 unspecified atom stereocenters. The third kappa shape index (κ3) is 3.98. The zero-order valence-corrected chi connectivity index (χ0v) is 13.8. The standard InChI is InChI=1S/C17H33N3O/c1-13(2)12-20(15-7-3-4-8-15)11-9-14-6-5-10-17(14,19)16(18)21/h13-15H,3-12,19H2,1-2H3,(H2,18,21). The second-order valence-corrected chi connectivity index (χ2v) is 7.61. The summed E-state index contributed by atoms with van der Waals surface area (Å²) in [4.78, 5) is 14.3. The molecular weight excluding hydrogens is 262 g/mol. The van der Waals surface area contributed by atoms with Crippen LogP contribution < -0.4 is 11.5 Å². The van der Waals surface area contributed by atoms with Crippen molar-refractivity contribution in [3.63, 3.8) is 0 Å². The Hall–Kier alpha value is -0.610. The van der Waals surface area contributed by atoms with E-state index in [0.29, 0.717) is 5.92 Å². The molecule has 4 N–H and O–H groups in total. The third-order valence-corrected chi connectivity index (χ3v) is 5.54. The largest absolute Gasteiger partial charge is 0.368 e. The topological polar surface area (TPSA) is 72.3 Å². The van der Waals surface area contributed by atoms with Crippen molar-refractivity contribution in [2.45, 2.75) is 76.8 Å². The van der Waals surface area contributed by atoms with Gasteiger partial charge in [-0.2, -0.15) is 0 Å². The number of primary amides is 1. The Labute approximate surface area is 129 Å². The maximum absolute atomic E-state index is 11.7. The minimum atomic E-state index is -0.751. The van der Waals surface area contributed by atoms with Crippen molar-refractivity contribution < 1.29 is 4.79 Å². The lowest BCUT2D eigenvalue weighted by molar-refractivity contribution is -0.124. The van der Waals surface area contributed by atoms with Gasteiger partial charge in [0.15, 0.2) is 0 Å². The van der Waals surface area contributed by atoms with Gasteiger partial charge in [0.25, 0.3) is 0 Å². The van der Waals surface area contributed by atoms with Crippen LogP contribution in [0.3, 0.4) is 0 Å². The van der Waals surface area contributed by atoms with E-state index in [0.717, 1.165) is 44.8 Å². The summed E-state index contributed by atoms with van der Waals surface area (Å²) in [7, 11) is 0. The van der Waals surface area contributed by atoms with Crippen molar-refractivity contribution in [1.29, 1.82) is 0 Å². The monoisotopic (exact) mass is 295 g/mol. The number of carbonyl (C=O) groups is 1. The van der Waals surface area contributed by atoms with Gasteiger partial charge in [0.05, 0.1) is 5.54 Å². The van der Waals surface area contributed by atoms with Crippen LogP contribution in [0.2, 0.25) is 0 Å². The molecule has 0 bridgehead atoms. The summed E-state index contributed by atoms with van der Waals surface area (Å²) in [5, 5.41) is 0. The molecule has 0 aromatic rings. The molecular formula is C17H33N3O. The zero-order valence-electron chi connectivity index (χ0n) is 13.8. The average molecular weight is 295 g/mol. The predicted molar refractivity (Wildman–Crippen MR) is 86.7 cm³/mol. The molecule has 0 aromatic heterocycles. The van der Waals surface area contributed by atoms with Crippen LogP contribution in [0.15, 0.2) is 0 Å². The lowest BCUT2D eigenvalue weighted by Gasteiger charge is -2.34. The Kier molecular flexibility index (Phi) is 5.67. The summed E-state index contributed by atoms with van der Waals surface area (Å²) < 4.78 is 0. The summed E-state index contributed by atoms with van der Waals surface area (Å²) >= 11 is 0. The van der Waals surface area contributed by atoms with Gasteiger partial charge in [-0.15, -0.1) is 0 Å². The van der Waals surface area contributed by atoms with Crippen molar-refractivity contribution >= 4 is 5.91 Å². The van der Waals surface area contributed by atoms with E-state index < -0.39 is 5.54 Å². The maximum Gasteiger partial charge on any atom is 0.237 e. The molecule has 4 heteroatoms. The van der Waals surface area contributed by atoms with Crippen LogP contribution >= 0.6 is 0 Å². The second kappa shape index (κ2) is 7.10. The summed E-state index contributed by atoms with van der Waals surface area (Å²) in [6, 6.07) is 0.745. The zero-order chi connectivity index (χ0) is 15.5. The predicted octanol–water partition coefficient (Wildman–Crippen LogP) is 2.26. The van der Waals surface area contributed by atoms with Gasteiger partial charge < -0.3 is 16.4 Å². The lowest BCUT2D eigenvalue weighted by Crippen LogP contribution is -2.55. The number of hydrogen-bond donors (Lipinski definition) is 2. The van der Waals surface area contributed by atoms with E-state index in [9.17, 15) is 4.79 Å². The van der Waals surface area contributed by atoms with Gasteiger partial charge in [0, 0.05) is 12.6 Å². The highest BCUT2D eigenvalue weighted by Gasteiger charge is 2.44. The van der Waals surface area contributed by atoms with Crippen LogP contribution in [0.4, 0.5) is 0 Å². The molecule has 21 heavy (non-hydrogen) atoms. The minimum absolute atomic E-state index is 0.270. The van der Waals surface area contributed by atoms with Crippen molar-refractivity contribution in [2.24, 2.45) is 23.3 Å².